The molecule has 1 aromatic carbocycles. The minimum absolute atomic E-state index is 0. The number of ether oxygens (including phenoxy) is 1. The Bertz CT molecular complexity index is 383. The van der Waals surface area contributed by atoms with Gasteiger partial charge < -0.3 is 10.1 Å². The van der Waals surface area contributed by atoms with E-state index in [9.17, 15) is 0 Å². The maximum Gasteiger partial charge on any atom is 0.125 e. The first-order valence-corrected chi connectivity index (χ1v) is 7.29. The standard InChI is InChI=1S/C16H26N2O.ClH/c1-13-5-4-6-14(2)16(13)19-12-11-18-9-7-15(17-3)8-10-18;/h4-6,15,17H,7-12H2,1-3H3;1H. The van der Waals surface area contributed by atoms with Crippen molar-refractivity contribution in [2.24, 2.45) is 0 Å². The molecule has 0 aliphatic carbocycles. The van der Waals surface area contributed by atoms with Crippen molar-refractivity contribution in [1.82, 2.24) is 10.2 Å². The van der Waals surface area contributed by atoms with Crippen LogP contribution in [0, 0.1) is 13.8 Å². The number of benzene rings is 1. The van der Waals surface area contributed by atoms with E-state index in [0.717, 1.165) is 18.9 Å². The van der Waals surface area contributed by atoms with E-state index in [1.807, 2.05) is 0 Å². The zero-order valence-electron chi connectivity index (χ0n) is 12.8. The monoisotopic (exact) mass is 298 g/mol. The molecule has 1 N–H and O–H groups in total. The van der Waals surface area contributed by atoms with E-state index in [4.69, 9.17) is 4.74 Å². The lowest BCUT2D eigenvalue weighted by atomic mass is 10.1. The number of hydrogen-bond donors (Lipinski definition) is 1. The molecule has 114 valence electrons. The molecule has 0 unspecified atom stereocenters. The third kappa shape index (κ3) is 4.65. The molecular weight excluding hydrogens is 272 g/mol. The molecule has 1 aliphatic heterocycles. The molecule has 1 heterocycles. The van der Waals surface area contributed by atoms with Crippen LogP contribution in [-0.4, -0.2) is 44.2 Å². The lowest BCUT2D eigenvalue weighted by Crippen LogP contribution is -2.42. The van der Waals surface area contributed by atoms with Crippen LogP contribution in [0.4, 0.5) is 0 Å². The van der Waals surface area contributed by atoms with Gasteiger partial charge in [0.05, 0.1) is 0 Å². The van der Waals surface area contributed by atoms with Gasteiger partial charge in [0.2, 0.25) is 0 Å². The summed E-state index contributed by atoms with van der Waals surface area (Å²) < 4.78 is 5.97. The zero-order chi connectivity index (χ0) is 13.7. The Morgan fingerprint density at radius 2 is 1.80 bits per heavy atom. The molecule has 0 atom stereocenters. The molecule has 1 saturated heterocycles. The summed E-state index contributed by atoms with van der Waals surface area (Å²) in [7, 11) is 2.06. The number of para-hydroxylation sites is 1. The third-order valence-electron chi connectivity index (χ3n) is 4.06. The van der Waals surface area contributed by atoms with Crippen LogP contribution in [0.5, 0.6) is 5.75 Å². The fraction of sp³-hybridized carbons (Fsp3) is 0.625. The number of aryl methyl sites for hydroxylation is 2. The predicted molar refractivity (Wildman–Crippen MR) is 87.2 cm³/mol. The van der Waals surface area contributed by atoms with E-state index in [0.29, 0.717) is 6.04 Å². The van der Waals surface area contributed by atoms with Crippen LogP contribution in [0.3, 0.4) is 0 Å². The molecule has 3 nitrogen and oxygen atoms in total. The molecule has 0 aromatic heterocycles. The van der Waals surface area contributed by atoms with Gasteiger partial charge in [-0.15, -0.1) is 12.4 Å². The quantitative estimate of drug-likeness (QED) is 0.905. The second-order valence-electron chi connectivity index (χ2n) is 5.47. The van der Waals surface area contributed by atoms with Crippen molar-refractivity contribution in [3.05, 3.63) is 29.3 Å². The number of nitrogens with zero attached hydrogens (tertiary/aromatic N) is 1. The maximum atomic E-state index is 5.97. The molecule has 0 saturated carbocycles. The summed E-state index contributed by atoms with van der Waals surface area (Å²) in [4.78, 5) is 2.50. The summed E-state index contributed by atoms with van der Waals surface area (Å²) in [6.07, 6.45) is 2.50. The van der Waals surface area contributed by atoms with E-state index in [2.05, 4.69) is 49.3 Å². The number of likely N-dealkylation sites (tertiary alicyclic amines) is 1. The summed E-state index contributed by atoms with van der Waals surface area (Å²) >= 11 is 0. The second kappa shape index (κ2) is 8.50. The van der Waals surface area contributed by atoms with Crippen molar-refractivity contribution in [1.29, 1.82) is 0 Å². The molecule has 0 spiro atoms. The first kappa shape index (κ1) is 17.3. The highest BCUT2D eigenvalue weighted by molar-refractivity contribution is 5.85. The third-order valence-corrected chi connectivity index (χ3v) is 4.06. The van der Waals surface area contributed by atoms with Gasteiger partial charge in [-0.05, 0) is 58.0 Å². The smallest absolute Gasteiger partial charge is 0.125 e. The van der Waals surface area contributed by atoms with Crippen LogP contribution in [0.25, 0.3) is 0 Å². The number of nitrogens with one attached hydrogen (secondary N) is 1. The van der Waals surface area contributed by atoms with Gasteiger partial charge in [0.1, 0.15) is 12.4 Å². The van der Waals surface area contributed by atoms with Crippen molar-refractivity contribution < 1.29 is 4.74 Å². The van der Waals surface area contributed by atoms with Crippen LogP contribution >= 0.6 is 12.4 Å². The van der Waals surface area contributed by atoms with E-state index in [1.165, 1.54) is 37.1 Å². The van der Waals surface area contributed by atoms with Gasteiger partial charge in [0.25, 0.3) is 0 Å². The Morgan fingerprint density at radius 3 is 2.35 bits per heavy atom. The van der Waals surface area contributed by atoms with Gasteiger partial charge >= 0.3 is 0 Å². The molecule has 1 aliphatic rings. The summed E-state index contributed by atoms with van der Waals surface area (Å²) in [6, 6.07) is 7.01. The highest BCUT2D eigenvalue weighted by atomic mass is 35.5. The minimum atomic E-state index is 0. The van der Waals surface area contributed by atoms with Gasteiger partial charge in [0, 0.05) is 12.6 Å². The molecule has 0 radical (unpaired) electrons. The van der Waals surface area contributed by atoms with Crippen molar-refractivity contribution in [3.8, 4) is 5.75 Å². The molecular formula is C16H27ClN2O. The Hall–Kier alpha value is -0.770. The topological polar surface area (TPSA) is 24.5 Å². The van der Waals surface area contributed by atoms with Crippen molar-refractivity contribution in [3.63, 3.8) is 0 Å². The Morgan fingerprint density at radius 1 is 1.20 bits per heavy atom. The Balaban J connectivity index is 0.00000200. The molecule has 0 bridgehead atoms. The van der Waals surface area contributed by atoms with E-state index in [-0.39, 0.29) is 12.4 Å². The van der Waals surface area contributed by atoms with Crippen molar-refractivity contribution in [2.75, 3.05) is 33.3 Å². The maximum absolute atomic E-state index is 5.97. The summed E-state index contributed by atoms with van der Waals surface area (Å²) in [5.74, 6) is 1.06. The van der Waals surface area contributed by atoms with Gasteiger partial charge in [0.15, 0.2) is 0 Å². The normalized spacial score (nSPS) is 16.8. The Labute approximate surface area is 129 Å². The van der Waals surface area contributed by atoms with Crippen LogP contribution in [0.2, 0.25) is 0 Å². The van der Waals surface area contributed by atoms with Crippen LogP contribution in [-0.2, 0) is 0 Å². The number of rotatable bonds is 5. The number of halogens is 1. The molecule has 1 fully saturated rings. The molecule has 2 rings (SSSR count). The molecule has 1 aromatic rings. The van der Waals surface area contributed by atoms with E-state index < -0.39 is 0 Å². The first-order chi connectivity index (χ1) is 9.20. The minimum Gasteiger partial charge on any atom is -0.492 e. The lowest BCUT2D eigenvalue weighted by molar-refractivity contribution is 0.166. The van der Waals surface area contributed by atoms with E-state index >= 15 is 0 Å². The van der Waals surface area contributed by atoms with Gasteiger partial charge in [-0.1, -0.05) is 18.2 Å². The van der Waals surface area contributed by atoms with Crippen LogP contribution < -0.4 is 10.1 Å². The SMILES string of the molecule is CNC1CCN(CCOc2c(C)cccc2C)CC1.Cl. The first-order valence-electron chi connectivity index (χ1n) is 7.29. The van der Waals surface area contributed by atoms with Gasteiger partial charge in [-0.3, -0.25) is 4.90 Å². The van der Waals surface area contributed by atoms with Gasteiger partial charge in [-0.25, -0.2) is 0 Å². The average Bonchev–Trinajstić information content (AvgIpc) is 2.43. The van der Waals surface area contributed by atoms with Crippen molar-refractivity contribution >= 4 is 12.4 Å². The number of piperidine rings is 1. The largest absolute Gasteiger partial charge is 0.492 e. The van der Waals surface area contributed by atoms with Crippen LogP contribution in [0.15, 0.2) is 18.2 Å². The fourth-order valence-electron chi connectivity index (χ4n) is 2.75. The summed E-state index contributed by atoms with van der Waals surface area (Å²) in [5, 5.41) is 3.36. The fourth-order valence-corrected chi connectivity index (χ4v) is 2.75. The molecule has 20 heavy (non-hydrogen) atoms. The van der Waals surface area contributed by atoms with Crippen LogP contribution in [0.1, 0.15) is 24.0 Å². The Kier molecular flexibility index (Phi) is 7.35. The summed E-state index contributed by atoms with van der Waals surface area (Å²) in [5.41, 5.74) is 2.46. The highest BCUT2D eigenvalue weighted by Gasteiger charge is 2.17. The lowest BCUT2D eigenvalue weighted by Gasteiger charge is -2.31. The molecule has 4 heteroatoms. The van der Waals surface area contributed by atoms with E-state index in [1.54, 1.807) is 0 Å². The number of hydrogen-bond acceptors (Lipinski definition) is 3. The van der Waals surface area contributed by atoms with Crippen molar-refractivity contribution in [2.45, 2.75) is 32.7 Å². The zero-order valence-corrected chi connectivity index (χ0v) is 13.6. The molecule has 0 amide bonds. The second-order valence-corrected chi connectivity index (χ2v) is 5.47. The predicted octanol–water partition coefficient (Wildman–Crippen LogP) is 2.79. The average molecular weight is 299 g/mol. The summed E-state index contributed by atoms with van der Waals surface area (Å²) in [6.45, 7) is 8.41. The highest BCUT2D eigenvalue weighted by Crippen LogP contribution is 2.22. The van der Waals surface area contributed by atoms with Gasteiger partial charge in [-0.2, -0.15) is 0 Å².